The van der Waals surface area contributed by atoms with Crippen molar-refractivity contribution in [2.75, 3.05) is 13.6 Å². The summed E-state index contributed by atoms with van der Waals surface area (Å²) in [5, 5.41) is 9.35. The number of nitrogens with zero attached hydrogens (tertiary/aromatic N) is 2. The highest BCUT2D eigenvalue weighted by atomic mass is 32.1. The number of fused-ring (bicyclic) bond motifs is 1. The smallest absolute Gasteiger partial charge is 0.151 e. The minimum Gasteiger partial charge on any atom is -0.360 e. The zero-order valence-corrected chi connectivity index (χ0v) is 12.2. The Hall–Kier alpha value is -1.17. The molecule has 1 unspecified atom stereocenters. The SMILES string of the molecule is CNCc1cc(CN2CCc3sccc3C2C)on1. The van der Waals surface area contributed by atoms with Gasteiger partial charge < -0.3 is 9.84 Å². The molecule has 3 rings (SSSR count). The number of hydrogen-bond acceptors (Lipinski definition) is 5. The fraction of sp³-hybridized carbons (Fsp3) is 0.500. The second-order valence-electron chi connectivity index (χ2n) is 5.01. The Kier molecular flexibility index (Phi) is 3.68. The van der Waals surface area contributed by atoms with E-state index in [4.69, 9.17) is 4.52 Å². The Bertz CT molecular complexity index is 548. The van der Waals surface area contributed by atoms with Crippen molar-refractivity contribution in [3.8, 4) is 0 Å². The van der Waals surface area contributed by atoms with E-state index in [-0.39, 0.29) is 0 Å². The number of rotatable bonds is 4. The van der Waals surface area contributed by atoms with Gasteiger partial charge in [-0.15, -0.1) is 11.3 Å². The fourth-order valence-corrected chi connectivity index (χ4v) is 3.64. The maximum absolute atomic E-state index is 5.41. The highest BCUT2D eigenvalue weighted by Crippen LogP contribution is 2.33. The summed E-state index contributed by atoms with van der Waals surface area (Å²) in [7, 11) is 1.92. The molecule has 1 aliphatic rings. The molecule has 1 aliphatic heterocycles. The van der Waals surface area contributed by atoms with Crippen LogP contribution in [0.2, 0.25) is 0 Å². The average molecular weight is 277 g/mol. The van der Waals surface area contributed by atoms with Crippen LogP contribution in [0.5, 0.6) is 0 Å². The number of hydrogen-bond donors (Lipinski definition) is 1. The van der Waals surface area contributed by atoms with E-state index in [0.717, 1.165) is 37.5 Å². The van der Waals surface area contributed by atoms with Gasteiger partial charge in [-0.25, -0.2) is 0 Å². The van der Waals surface area contributed by atoms with Crippen LogP contribution in [0.25, 0.3) is 0 Å². The lowest BCUT2D eigenvalue weighted by Crippen LogP contribution is -2.32. The minimum absolute atomic E-state index is 0.466. The zero-order chi connectivity index (χ0) is 13.2. The van der Waals surface area contributed by atoms with Crippen molar-refractivity contribution < 1.29 is 4.52 Å². The molecule has 0 saturated heterocycles. The van der Waals surface area contributed by atoms with Crippen molar-refractivity contribution in [1.29, 1.82) is 0 Å². The first kappa shape index (κ1) is 12.8. The lowest BCUT2D eigenvalue weighted by atomic mass is 10.0. The van der Waals surface area contributed by atoms with E-state index in [1.165, 1.54) is 10.4 Å². The van der Waals surface area contributed by atoms with Crippen molar-refractivity contribution in [3.05, 3.63) is 39.4 Å². The monoisotopic (exact) mass is 277 g/mol. The lowest BCUT2D eigenvalue weighted by Gasteiger charge is -2.32. The third-order valence-electron chi connectivity index (χ3n) is 3.73. The van der Waals surface area contributed by atoms with Gasteiger partial charge in [0.25, 0.3) is 0 Å². The Morgan fingerprint density at radius 3 is 3.32 bits per heavy atom. The molecular formula is C14H19N3OS. The van der Waals surface area contributed by atoms with E-state index in [9.17, 15) is 0 Å². The molecule has 5 heteroatoms. The average Bonchev–Trinajstić information content (AvgIpc) is 3.03. The summed E-state index contributed by atoms with van der Waals surface area (Å²) in [6.07, 6.45) is 1.15. The molecule has 1 atom stereocenters. The van der Waals surface area contributed by atoms with Gasteiger partial charge in [-0.05, 0) is 37.4 Å². The molecule has 0 radical (unpaired) electrons. The number of thiophene rings is 1. The van der Waals surface area contributed by atoms with Crippen LogP contribution in [-0.2, 0) is 19.5 Å². The molecule has 102 valence electrons. The molecule has 1 N–H and O–H groups in total. The van der Waals surface area contributed by atoms with Gasteiger partial charge in [-0.3, -0.25) is 4.90 Å². The molecule has 3 heterocycles. The maximum Gasteiger partial charge on any atom is 0.151 e. The van der Waals surface area contributed by atoms with E-state index in [1.54, 1.807) is 0 Å². The first-order valence-electron chi connectivity index (χ1n) is 6.67. The van der Waals surface area contributed by atoms with Crippen LogP contribution in [0.15, 0.2) is 22.0 Å². The Morgan fingerprint density at radius 1 is 1.58 bits per heavy atom. The van der Waals surface area contributed by atoms with E-state index >= 15 is 0 Å². The van der Waals surface area contributed by atoms with Crippen LogP contribution in [0, 0.1) is 0 Å². The molecule has 0 bridgehead atoms. The van der Waals surface area contributed by atoms with Gasteiger partial charge >= 0.3 is 0 Å². The summed E-state index contributed by atoms with van der Waals surface area (Å²) >= 11 is 1.88. The Morgan fingerprint density at radius 2 is 2.47 bits per heavy atom. The molecule has 4 nitrogen and oxygen atoms in total. The van der Waals surface area contributed by atoms with Crippen LogP contribution in [0.3, 0.4) is 0 Å². The first-order valence-corrected chi connectivity index (χ1v) is 7.55. The summed E-state index contributed by atoms with van der Waals surface area (Å²) in [6, 6.07) is 4.77. The maximum atomic E-state index is 5.41. The fourth-order valence-electron chi connectivity index (χ4n) is 2.67. The summed E-state index contributed by atoms with van der Waals surface area (Å²) in [5.74, 6) is 0.954. The largest absolute Gasteiger partial charge is 0.360 e. The van der Waals surface area contributed by atoms with Crippen molar-refractivity contribution >= 4 is 11.3 Å². The van der Waals surface area contributed by atoms with Gasteiger partial charge in [0.05, 0.1) is 12.2 Å². The third kappa shape index (κ3) is 2.59. The van der Waals surface area contributed by atoms with Crippen molar-refractivity contribution in [3.63, 3.8) is 0 Å². The lowest BCUT2D eigenvalue weighted by molar-refractivity contribution is 0.170. The molecule has 0 saturated carbocycles. The summed E-state index contributed by atoms with van der Waals surface area (Å²) in [5.41, 5.74) is 2.45. The first-order chi connectivity index (χ1) is 9.28. The topological polar surface area (TPSA) is 41.3 Å². The summed E-state index contributed by atoms with van der Waals surface area (Å²) in [6.45, 7) is 4.97. The summed E-state index contributed by atoms with van der Waals surface area (Å²) < 4.78 is 5.41. The van der Waals surface area contributed by atoms with E-state index < -0.39 is 0 Å². The van der Waals surface area contributed by atoms with Gasteiger partial charge in [0.1, 0.15) is 0 Å². The predicted octanol–water partition coefficient (Wildman–Crippen LogP) is 2.57. The molecule has 0 amide bonds. The van der Waals surface area contributed by atoms with Gasteiger partial charge in [0.15, 0.2) is 5.76 Å². The minimum atomic E-state index is 0.466. The van der Waals surface area contributed by atoms with Crippen LogP contribution in [0.4, 0.5) is 0 Å². The van der Waals surface area contributed by atoms with Crippen LogP contribution < -0.4 is 5.32 Å². The predicted molar refractivity (Wildman–Crippen MR) is 76.1 cm³/mol. The van der Waals surface area contributed by atoms with Crippen molar-refractivity contribution in [1.82, 2.24) is 15.4 Å². The molecule has 19 heavy (non-hydrogen) atoms. The highest BCUT2D eigenvalue weighted by molar-refractivity contribution is 7.10. The molecule has 0 fully saturated rings. The van der Waals surface area contributed by atoms with Gasteiger partial charge in [0, 0.05) is 30.1 Å². The number of aromatic nitrogens is 1. The third-order valence-corrected chi connectivity index (χ3v) is 4.72. The van der Waals surface area contributed by atoms with Crippen LogP contribution >= 0.6 is 11.3 Å². The van der Waals surface area contributed by atoms with Gasteiger partial charge in [0.2, 0.25) is 0 Å². The van der Waals surface area contributed by atoms with Crippen molar-refractivity contribution in [2.24, 2.45) is 0 Å². The molecular weight excluding hydrogens is 258 g/mol. The second-order valence-corrected chi connectivity index (χ2v) is 6.01. The van der Waals surface area contributed by atoms with Crippen molar-refractivity contribution in [2.45, 2.75) is 32.5 Å². The van der Waals surface area contributed by atoms with Crippen LogP contribution in [0.1, 0.15) is 34.9 Å². The summed E-state index contributed by atoms with van der Waals surface area (Å²) in [4.78, 5) is 4.00. The molecule has 2 aromatic heterocycles. The van der Waals surface area contributed by atoms with Crippen LogP contribution in [-0.4, -0.2) is 23.6 Å². The Balaban J connectivity index is 1.70. The Labute approximate surface area is 117 Å². The normalized spacial score (nSPS) is 19.6. The van der Waals surface area contributed by atoms with Gasteiger partial charge in [-0.2, -0.15) is 0 Å². The second kappa shape index (κ2) is 5.45. The molecule has 0 aliphatic carbocycles. The van der Waals surface area contributed by atoms with Gasteiger partial charge in [-0.1, -0.05) is 5.16 Å². The highest BCUT2D eigenvalue weighted by Gasteiger charge is 2.25. The zero-order valence-electron chi connectivity index (χ0n) is 11.3. The number of nitrogens with one attached hydrogen (secondary N) is 1. The van der Waals surface area contributed by atoms with E-state index in [0.29, 0.717) is 6.04 Å². The molecule has 0 spiro atoms. The van der Waals surface area contributed by atoms with E-state index in [1.807, 2.05) is 24.5 Å². The standard InChI is InChI=1S/C14H19N3OS/c1-10-13-4-6-19-14(13)3-5-17(10)9-12-7-11(8-15-2)16-18-12/h4,6-7,10,15H,3,5,8-9H2,1-2H3. The quantitative estimate of drug-likeness (QED) is 0.932. The molecule has 0 aromatic carbocycles. The van der Waals surface area contributed by atoms with E-state index in [2.05, 4.69) is 33.7 Å². The molecule has 2 aromatic rings.